The van der Waals surface area contributed by atoms with E-state index in [9.17, 15) is 4.39 Å². The summed E-state index contributed by atoms with van der Waals surface area (Å²) in [5, 5.41) is 0. The molecule has 0 heterocycles. The van der Waals surface area contributed by atoms with Crippen LogP contribution in [0.1, 0.15) is 63.9 Å². The molecule has 0 aliphatic heterocycles. The maximum absolute atomic E-state index is 14.7. The molecule has 1 aromatic carbocycles. The molecule has 0 radical (unpaired) electrons. The smallest absolute Gasteiger partial charge is 0.118 e. The summed E-state index contributed by atoms with van der Waals surface area (Å²) in [7, 11) is 1.68. The fourth-order valence-corrected chi connectivity index (χ4v) is 3.25. The van der Waals surface area contributed by atoms with E-state index < -0.39 is 5.67 Å². The van der Waals surface area contributed by atoms with Gasteiger partial charge in [-0.15, -0.1) is 0 Å². The van der Waals surface area contributed by atoms with Gasteiger partial charge in [0, 0.05) is 0 Å². The molecule has 2 rings (SSSR count). The topological polar surface area (TPSA) is 9.23 Å². The van der Waals surface area contributed by atoms with Crippen molar-refractivity contribution in [2.75, 3.05) is 7.11 Å². The molecule has 0 N–H and O–H groups in total. The first-order valence-electron chi connectivity index (χ1n) is 8.66. The second-order valence-corrected chi connectivity index (χ2v) is 6.58. The highest BCUT2D eigenvalue weighted by Crippen LogP contribution is 2.39. The molecule has 0 bridgehead atoms. The number of benzene rings is 1. The van der Waals surface area contributed by atoms with Gasteiger partial charge in [-0.3, -0.25) is 0 Å². The van der Waals surface area contributed by atoms with Crippen molar-refractivity contribution >= 4 is 6.08 Å². The Morgan fingerprint density at radius 1 is 1.18 bits per heavy atom. The molecule has 0 saturated heterocycles. The first-order valence-corrected chi connectivity index (χ1v) is 8.66. The summed E-state index contributed by atoms with van der Waals surface area (Å²) >= 11 is 0. The van der Waals surface area contributed by atoms with Crippen molar-refractivity contribution in [1.29, 1.82) is 0 Å². The molecule has 2 heteroatoms. The quantitative estimate of drug-likeness (QED) is 0.546. The number of unbranched alkanes of at least 4 members (excludes halogenated alkanes) is 2. The van der Waals surface area contributed by atoms with E-state index in [1.165, 1.54) is 12.0 Å². The lowest BCUT2D eigenvalue weighted by atomic mass is 9.77. The highest BCUT2D eigenvalue weighted by Gasteiger charge is 2.33. The van der Waals surface area contributed by atoms with Gasteiger partial charge in [-0.05, 0) is 55.7 Å². The van der Waals surface area contributed by atoms with Gasteiger partial charge in [0.2, 0.25) is 0 Å². The second-order valence-electron chi connectivity index (χ2n) is 6.58. The molecule has 0 aromatic heterocycles. The van der Waals surface area contributed by atoms with E-state index in [4.69, 9.17) is 4.74 Å². The van der Waals surface area contributed by atoms with Gasteiger partial charge in [-0.1, -0.05) is 50.5 Å². The number of rotatable bonds is 7. The van der Waals surface area contributed by atoms with Crippen LogP contribution in [0, 0.1) is 5.92 Å². The van der Waals surface area contributed by atoms with Crippen LogP contribution in [0.4, 0.5) is 4.39 Å². The van der Waals surface area contributed by atoms with Gasteiger partial charge in [0.1, 0.15) is 11.4 Å². The van der Waals surface area contributed by atoms with Gasteiger partial charge in [-0.25, -0.2) is 4.39 Å². The lowest BCUT2D eigenvalue weighted by Gasteiger charge is -2.33. The first-order chi connectivity index (χ1) is 10.6. The Bertz CT molecular complexity index is 455. The van der Waals surface area contributed by atoms with Gasteiger partial charge in [-0.2, -0.15) is 0 Å². The predicted octanol–water partition coefficient (Wildman–Crippen LogP) is 6.19. The Morgan fingerprint density at radius 2 is 1.86 bits per heavy atom. The Balaban J connectivity index is 1.79. The Kier molecular flexibility index (Phi) is 6.48. The summed E-state index contributed by atoms with van der Waals surface area (Å²) in [4.78, 5) is 0. The minimum absolute atomic E-state index is 0.525. The minimum atomic E-state index is -0.889. The molecular weight excluding hydrogens is 275 g/mol. The molecule has 1 aliphatic rings. The van der Waals surface area contributed by atoms with Gasteiger partial charge >= 0.3 is 0 Å². The number of alkyl halides is 1. The summed E-state index contributed by atoms with van der Waals surface area (Å²) in [6.45, 7) is 2.17. The summed E-state index contributed by atoms with van der Waals surface area (Å²) < 4.78 is 19.8. The minimum Gasteiger partial charge on any atom is -0.497 e. The third kappa shape index (κ3) is 5.15. The van der Waals surface area contributed by atoms with Gasteiger partial charge < -0.3 is 4.74 Å². The summed E-state index contributed by atoms with van der Waals surface area (Å²) in [5.74, 6) is 1.40. The van der Waals surface area contributed by atoms with Gasteiger partial charge in [0.05, 0.1) is 7.11 Å². The van der Waals surface area contributed by atoms with Crippen molar-refractivity contribution in [2.24, 2.45) is 5.92 Å². The largest absolute Gasteiger partial charge is 0.497 e. The van der Waals surface area contributed by atoms with Crippen LogP contribution in [-0.4, -0.2) is 12.8 Å². The van der Waals surface area contributed by atoms with E-state index in [1.807, 2.05) is 12.1 Å². The SMILES string of the molecule is CCCCCC1(F)CCC(/C=C\c2ccc(OC)cc2)CC1. The molecular formula is C20H29FO. The summed E-state index contributed by atoms with van der Waals surface area (Å²) in [5.41, 5.74) is 0.292. The lowest BCUT2D eigenvalue weighted by Crippen LogP contribution is -2.29. The second kappa shape index (κ2) is 8.36. The molecule has 0 amide bonds. The van der Waals surface area contributed by atoms with Crippen molar-refractivity contribution in [3.63, 3.8) is 0 Å². The van der Waals surface area contributed by atoms with Crippen LogP contribution in [-0.2, 0) is 0 Å². The molecule has 1 nitrogen and oxygen atoms in total. The van der Waals surface area contributed by atoms with Crippen molar-refractivity contribution in [2.45, 2.75) is 64.0 Å². The molecule has 0 spiro atoms. The molecule has 1 aliphatic carbocycles. The maximum atomic E-state index is 14.7. The third-order valence-corrected chi connectivity index (χ3v) is 4.83. The zero-order valence-electron chi connectivity index (χ0n) is 14.0. The first kappa shape index (κ1) is 17.1. The number of allylic oxidation sites excluding steroid dienone is 1. The van der Waals surface area contributed by atoms with E-state index >= 15 is 0 Å². The van der Waals surface area contributed by atoms with Gasteiger partial charge in [0.15, 0.2) is 0 Å². The Labute approximate surface area is 134 Å². The van der Waals surface area contributed by atoms with Crippen LogP contribution >= 0.6 is 0 Å². The van der Waals surface area contributed by atoms with E-state index in [0.29, 0.717) is 5.92 Å². The highest BCUT2D eigenvalue weighted by atomic mass is 19.1. The monoisotopic (exact) mass is 304 g/mol. The van der Waals surface area contributed by atoms with Crippen LogP contribution in [0.3, 0.4) is 0 Å². The number of halogens is 1. The van der Waals surface area contributed by atoms with Crippen molar-refractivity contribution in [1.82, 2.24) is 0 Å². The summed E-state index contributed by atoms with van der Waals surface area (Å²) in [6, 6.07) is 8.06. The fourth-order valence-electron chi connectivity index (χ4n) is 3.25. The van der Waals surface area contributed by atoms with Crippen LogP contribution in [0.2, 0.25) is 0 Å². The highest BCUT2D eigenvalue weighted by molar-refractivity contribution is 5.50. The Morgan fingerprint density at radius 3 is 2.45 bits per heavy atom. The van der Waals surface area contributed by atoms with Crippen LogP contribution in [0.25, 0.3) is 6.08 Å². The average Bonchev–Trinajstić information content (AvgIpc) is 2.55. The number of hydrogen-bond donors (Lipinski definition) is 0. The van der Waals surface area contributed by atoms with Gasteiger partial charge in [0.25, 0.3) is 0 Å². The lowest BCUT2D eigenvalue weighted by molar-refractivity contribution is 0.0804. The molecule has 0 unspecified atom stereocenters. The zero-order valence-corrected chi connectivity index (χ0v) is 14.0. The van der Waals surface area contributed by atoms with Crippen molar-refractivity contribution in [3.8, 4) is 5.75 Å². The van der Waals surface area contributed by atoms with E-state index in [1.54, 1.807) is 7.11 Å². The standard InChI is InChI=1S/C20H29FO/c1-3-4-5-14-20(21)15-12-18(13-16-20)7-6-17-8-10-19(22-2)11-9-17/h6-11,18H,3-5,12-16H2,1-2H3/b7-6-. The van der Waals surface area contributed by atoms with Crippen molar-refractivity contribution < 1.29 is 9.13 Å². The average molecular weight is 304 g/mol. The van der Waals surface area contributed by atoms with Crippen LogP contribution < -0.4 is 4.74 Å². The zero-order chi connectivity index (χ0) is 15.8. The normalized spacial score (nSPS) is 25.5. The third-order valence-electron chi connectivity index (χ3n) is 4.83. The van der Waals surface area contributed by atoms with E-state index in [-0.39, 0.29) is 0 Å². The van der Waals surface area contributed by atoms with E-state index in [0.717, 1.165) is 50.7 Å². The number of ether oxygens (including phenoxy) is 1. The fraction of sp³-hybridized carbons (Fsp3) is 0.600. The number of methoxy groups -OCH3 is 1. The molecule has 1 fully saturated rings. The molecule has 1 saturated carbocycles. The molecule has 0 atom stereocenters. The number of hydrogen-bond acceptors (Lipinski definition) is 1. The maximum Gasteiger partial charge on any atom is 0.118 e. The van der Waals surface area contributed by atoms with Crippen LogP contribution in [0.5, 0.6) is 5.75 Å². The van der Waals surface area contributed by atoms with Crippen LogP contribution in [0.15, 0.2) is 30.3 Å². The van der Waals surface area contributed by atoms with Crippen molar-refractivity contribution in [3.05, 3.63) is 35.9 Å². The Hall–Kier alpha value is -1.31. The van der Waals surface area contributed by atoms with E-state index in [2.05, 4.69) is 31.2 Å². The molecule has 122 valence electrons. The predicted molar refractivity (Wildman–Crippen MR) is 92.0 cm³/mol. The summed E-state index contributed by atoms with van der Waals surface area (Å²) in [6.07, 6.45) is 12.0. The molecule has 1 aromatic rings. The molecule has 22 heavy (non-hydrogen) atoms.